The van der Waals surface area contributed by atoms with E-state index in [1.807, 2.05) is 0 Å². The highest BCUT2D eigenvalue weighted by Gasteiger charge is 2.65. The van der Waals surface area contributed by atoms with Gasteiger partial charge >= 0.3 is 24.0 Å². The Morgan fingerprint density at radius 3 is 1.73 bits per heavy atom. The van der Waals surface area contributed by atoms with Gasteiger partial charge in [-0.15, -0.1) is 0 Å². The molecule has 1 rings (SSSR count). The number of benzene rings is 1. The van der Waals surface area contributed by atoms with Gasteiger partial charge in [0.1, 0.15) is 11.5 Å². The lowest BCUT2D eigenvalue weighted by Crippen LogP contribution is -2.46. The van der Waals surface area contributed by atoms with Crippen LogP contribution in [0.4, 0.5) is 22.0 Å². The molecular formula is C13H9F5O4. The predicted octanol–water partition coefficient (Wildman–Crippen LogP) is 3.27. The molecule has 0 fully saturated rings. The first-order valence-electron chi connectivity index (χ1n) is 5.59. The smallest absolute Gasteiger partial charge is 0.423 e. The summed E-state index contributed by atoms with van der Waals surface area (Å²) in [6, 6.07) is 3.89. The Morgan fingerprint density at radius 2 is 1.36 bits per heavy atom. The van der Waals surface area contributed by atoms with Gasteiger partial charge in [0.2, 0.25) is 0 Å². The molecule has 0 N–H and O–H groups in total. The largest absolute Gasteiger partial charge is 0.465 e. The molecule has 120 valence electrons. The van der Waals surface area contributed by atoms with Crippen LogP contribution in [0.15, 0.2) is 36.4 Å². The second-order valence-corrected chi connectivity index (χ2v) is 4.10. The van der Waals surface area contributed by atoms with E-state index in [4.69, 9.17) is 4.74 Å². The maximum Gasteiger partial charge on any atom is 0.465 e. The zero-order valence-electron chi connectivity index (χ0n) is 11.0. The molecule has 0 aliphatic rings. The van der Waals surface area contributed by atoms with E-state index in [0.29, 0.717) is 0 Å². The maximum atomic E-state index is 12.7. The minimum absolute atomic E-state index is 0.0321. The van der Waals surface area contributed by atoms with E-state index >= 15 is 0 Å². The molecular weight excluding hydrogens is 315 g/mol. The van der Waals surface area contributed by atoms with Crippen molar-refractivity contribution in [2.24, 2.45) is 0 Å². The number of esters is 2. The van der Waals surface area contributed by atoms with Crippen LogP contribution in [-0.4, -0.2) is 24.0 Å². The van der Waals surface area contributed by atoms with Gasteiger partial charge in [0.05, 0.1) is 0 Å². The molecule has 0 spiro atoms. The van der Waals surface area contributed by atoms with Crippen molar-refractivity contribution in [3.8, 4) is 11.5 Å². The fourth-order valence-corrected chi connectivity index (χ4v) is 1.06. The quantitative estimate of drug-likeness (QED) is 0.369. The van der Waals surface area contributed by atoms with Gasteiger partial charge in [0.15, 0.2) is 0 Å². The third-order valence-electron chi connectivity index (χ3n) is 2.21. The summed E-state index contributed by atoms with van der Waals surface area (Å²) in [5.74, 6) is -9.74. The number of halogens is 5. The summed E-state index contributed by atoms with van der Waals surface area (Å²) in [5.41, 5.74) is 0.0975. The van der Waals surface area contributed by atoms with Crippen LogP contribution in [0, 0.1) is 0 Å². The Morgan fingerprint density at radius 1 is 0.955 bits per heavy atom. The third-order valence-corrected chi connectivity index (χ3v) is 2.21. The van der Waals surface area contributed by atoms with Gasteiger partial charge in [-0.3, -0.25) is 0 Å². The van der Waals surface area contributed by atoms with Crippen LogP contribution < -0.4 is 9.47 Å². The van der Waals surface area contributed by atoms with E-state index in [1.165, 1.54) is 6.92 Å². The SMILES string of the molecule is C=C(C)C(=O)Oc1ccc(OC(=O)C(F)(F)C(F)(F)F)cc1. The summed E-state index contributed by atoms with van der Waals surface area (Å²) in [6.45, 7) is 4.71. The van der Waals surface area contributed by atoms with Crippen molar-refractivity contribution < 1.29 is 41.0 Å². The lowest BCUT2D eigenvalue weighted by Gasteiger charge is -2.17. The molecule has 0 aliphatic heterocycles. The Bertz CT molecular complexity index is 589. The fraction of sp³-hybridized carbons (Fsp3) is 0.231. The average Bonchev–Trinajstić information content (AvgIpc) is 2.39. The molecule has 4 nitrogen and oxygen atoms in total. The van der Waals surface area contributed by atoms with Crippen molar-refractivity contribution in [2.45, 2.75) is 19.0 Å². The molecule has 0 saturated carbocycles. The Balaban J connectivity index is 2.79. The number of carbonyl (C=O) groups is 2. The van der Waals surface area contributed by atoms with Crippen molar-refractivity contribution >= 4 is 11.9 Å². The summed E-state index contributed by atoms with van der Waals surface area (Å²) in [4.78, 5) is 22.0. The molecule has 1 aromatic carbocycles. The zero-order valence-corrected chi connectivity index (χ0v) is 11.0. The van der Waals surface area contributed by atoms with Crippen LogP contribution in [0.2, 0.25) is 0 Å². The average molecular weight is 324 g/mol. The summed E-state index contributed by atoms with van der Waals surface area (Å²) in [7, 11) is 0. The molecule has 0 aliphatic carbocycles. The molecule has 0 aromatic heterocycles. The fourth-order valence-electron chi connectivity index (χ4n) is 1.06. The highest BCUT2D eigenvalue weighted by Crippen LogP contribution is 2.36. The third kappa shape index (κ3) is 4.03. The van der Waals surface area contributed by atoms with Crippen molar-refractivity contribution in [1.29, 1.82) is 0 Å². The minimum atomic E-state index is -6.05. The van der Waals surface area contributed by atoms with Crippen LogP contribution in [0.1, 0.15) is 6.92 Å². The number of carbonyl (C=O) groups excluding carboxylic acids is 2. The van der Waals surface area contributed by atoms with E-state index in [2.05, 4.69) is 11.3 Å². The van der Waals surface area contributed by atoms with Gasteiger partial charge in [0.25, 0.3) is 0 Å². The summed E-state index contributed by atoms with van der Waals surface area (Å²) in [5, 5.41) is 0. The molecule has 1 aromatic rings. The lowest BCUT2D eigenvalue weighted by molar-refractivity contribution is -0.276. The first kappa shape index (κ1) is 17.6. The molecule has 0 heterocycles. The van der Waals surface area contributed by atoms with Gasteiger partial charge in [-0.2, -0.15) is 22.0 Å². The molecule has 9 heteroatoms. The number of rotatable bonds is 4. The predicted molar refractivity (Wildman–Crippen MR) is 63.5 cm³/mol. The van der Waals surface area contributed by atoms with E-state index < -0.39 is 29.8 Å². The van der Waals surface area contributed by atoms with E-state index in [1.54, 1.807) is 0 Å². The molecule has 0 bridgehead atoms. The molecule has 0 atom stereocenters. The van der Waals surface area contributed by atoms with Crippen molar-refractivity contribution in [2.75, 3.05) is 0 Å². The molecule has 0 radical (unpaired) electrons. The van der Waals surface area contributed by atoms with Crippen LogP contribution in [0.3, 0.4) is 0 Å². The molecule has 0 unspecified atom stereocenters. The standard InChI is InChI=1S/C13H9F5O4/c1-7(2)10(19)21-8-3-5-9(6-4-8)22-11(20)12(14,15)13(16,17)18/h3-6H,1H2,2H3. The van der Waals surface area contributed by atoms with Gasteiger partial charge in [0, 0.05) is 5.57 Å². The molecule has 0 amide bonds. The number of ether oxygens (including phenoxy) is 2. The highest BCUT2D eigenvalue weighted by molar-refractivity contribution is 5.88. The maximum absolute atomic E-state index is 12.7. The molecule has 22 heavy (non-hydrogen) atoms. The second-order valence-electron chi connectivity index (χ2n) is 4.10. The van der Waals surface area contributed by atoms with Gasteiger partial charge in [-0.25, -0.2) is 9.59 Å². The van der Waals surface area contributed by atoms with E-state index in [9.17, 15) is 31.5 Å². The Hall–Kier alpha value is -2.45. The van der Waals surface area contributed by atoms with Crippen LogP contribution in [0.5, 0.6) is 11.5 Å². The van der Waals surface area contributed by atoms with Crippen LogP contribution >= 0.6 is 0 Å². The molecule has 0 saturated heterocycles. The Labute approximate surface area is 121 Å². The number of alkyl halides is 5. The number of hydrogen-bond acceptors (Lipinski definition) is 4. The summed E-state index contributed by atoms with van der Waals surface area (Å²) in [6.07, 6.45) is -6.05. The summed E-state index contributed by atoms with van der Waals surface area (Å²) >= 11 is 0. The normalized spacial score (nSPS) is 11.7. The first-order chi connectivity index (χ1) is 9.95. The summed E-state index contributed by atoms with van der Waals surface area (Å²) < 4.78 is 69.9. The van der Waals surface area contributed by atoms with Gasteiger partial charge in [-0.05, 0) is 31.2 Å². The Kier molecular flexibility index (Phi) is 4.90. The van der Waals surface area contributed by atoms with Gasteiger partial charge in [-0.1, -0.05) is 6.58 Å². The lowest BCUT2D eigenvalue weighted by atomic mass is 10.3. The monoisotopic (exact) mass is 324 g/mol. The topological polar surface area (TPSA) is 52.6 Å². The highest BCUT2D eigenvalue weighted by atomic mass is 19.4. The van der Waals surface area contributed by atoms with Crippen LogP contribution in [-0.2, 0) is 9.59 Å². The number of hydrogen-bond donors (Lipinski definition) is 0. The van der Waals surface area contributed by atoms with Crippen LogP contribution in [0.25, 0.3) is 0 Å². The van der Waals surface area contributed by atoms with Crippen molar-refractivity contribution in [1.82, 2.24) is 0 Å². The van der Waals surface area contributed by atoms with Crippen molar-refractivity contribution in [3.63, 3.8) is 0 Å². The van der Waals surface area contributed by atoms with E-state index in [0.717, 1.165) is 24.3 Å². The second kappa shape index (κ2) is 6.12. The zero-order chi connectivity index (χ0) is 17.1. The first-order valence-corrected chi connectivity index (χ1v) is 5.59. The van der Waals surface area contributed by atoms with Crippen molar-refractivity contribution in [3.05, 3.63) is 36.4 Å². The van der Waals surface area contributed by atoms with Gasteiger partial charge < -0.3 is 9.47 Å². The minimum Gasteiger partial charge on any atom is -0.423 e. The van der Waals surface area contributed by atoms with E-state index in [-0.39, 0.29) is 11.3 Å².